The summed E-state index contributed by atoms with van der Waals surface area (Å²) in [5.41, 5.74) is 4.41. The lowest BCUT2D eigenvalue weighted by Crippen LogP contribution is -2.36. The lowest BCUT2D eigenvalue weighted by atomic mass is 10.1. The zero-order valence-electron chi connectivity index (χ0n) is 18.8. The summed E-state index contributed by atoms with van der Waals surface area (Å²) in [6.45, 7) is 5.65. The highest BCUT2D eigenvalue weighted by Crippen LogP contribution is 2.22. The van der Waals surface area contributed by atoms with Gasteiger partial charge < -0.3 is 20.1 Å². The van der Waals surface area contributed by atoms with Gasteiger partial charge in [0, 0.05) is 50.0 Å². The molecular formula is C25H31N5O2. The summed E-state index contributed by atoms with van der Waals surface area (Å²) in [6, 6.07) is 16.4. The number of guanidine groups is 1. The largest absolute Gasteiger partial charge is 0.493 e. The molecule has 168 valence electrons. The molecule has 2 aromatic carbocycles. The van der Waals surface area contributed by atoms with Crippen molar-refractivity contribution >= 4 is 5.96 Å². The minimum absolute atomic E-state index is 0.475. The van der Waals surface area contributed by atoms with Crippen LogP contribution in [0.4, 0.5) is 0 Å². The lowest BCUT2D eigenvalue weighted by Gasteiger charge is -2.16. The van der Waals surface area contributed by atoms with Gasteiger partial charge in [0.2, 0.25) is 0 Å². The number of nitrogens with zero attached hydrogens (tertiary/aromatic N) is 3. The zero-order valence-corrected chi connectivity index (χ0v) is 18.8. The molecule has 1 unspecified atom stereocenters. The van der Waals surface area contributed by atoms with Crippen LogP contribution in [0.1, 0.15) is 23.1 Å². The minimum atomic E-state index is 0.475. The Labute approximate surface area is 189 Å². The van der Waals surface area contributed by atoms with Crippen molar-refractivity contribution in [2.75, 3.05) is 26.9 Å². The molecule has 2 heterocycles. The number of aromatic nitrogens is 2. The van der Waals surface area contributed by atoms with Crippen molar-refractivity contribution in [1.29, 1.82) is 0 Å². The predicted octanol–water partition coefficient (Wildman–Crippen LogP) is 3.46. The van der Waals surface area contributed by atoms with E-state index in [2.05, 4.69) is 45.8 Å². The molecule has 3 aromatic rings. The number of aryl methyl sites for hydroxylation is 1. The van der Waals surface area contributed by atoms with E-state index in [0.717, 1.165) is 48.2 Å². The second-order valence-electron chi connectivity index (χ2n) is 8.06. The number of para-hydroxylation sites is 1. The molecule has 1 atom stereocenters. The molecule has 0 radical (unpaired) electrons. The summed E-state index contributed by atoms with van der Waals surface area (Å²) in [7, 11) is 1.77. The van der Waals surface area contributed by atoms with Crippen molar-refractivity contribution in [3.63, 3.8) is 0 Å². The Balaban J connectivity index is 1.31. The summed E-state index contributed by atoms with van der Waals surface area (Å²) in [6.07, 6.45) is 4.96. The fourth-order valence-electron chi connectivity index (χ4n) is 3.62. The number of rotatable bonds is 8. The number of hydrogen-bond donors (Lipinski definition) is 2. The van der Waals surface area contributed by atoms with Gasteiger partial charge in [0.15, 0.2) is 5.96 Å². The highest BCUT2D eigenvalue weighted by atomic mass is 16.5. The van der Waals surface area contributed by atoms with E-state index in [9.17, 15) is 0 Å². The monoisotopic (exact) mass is 433 g/mol. The topological polar surface area (TPSA) is 72.7 Å². The highest BCUT2D eigenvalue weighted by molar-refractivity contribution is 5.79. The van der Waals surface area contributed by atoms with Gasteiger partial charge in [0.25, 0.3) is 0 Å². The summed E-state index contributed by atoms with van der Waals surface area (Å²) >= 11 is 0. The van der Waals surface area contributed by atoms with E-state index in [4.69, 9.17) is 9.47 Å². The maximum absolute atomic E-state index is 6.15. The van der Waals surface area contributed by atoms with Gasteiger partial charge in [-0.05, 0) is 37.1 Å². The summed E-state index contributed by atoms with van der Waals surface area (Å²) in [5, 5.41) is 11.2. The molecule has 7 nitrogen and oxygen atoms in total. The van der Waals surface area contributed by atoms with Crippen molar-refractivity contribution < 1.29 is 9.47 Å². The molecule has 1 fully saturated rings. The van der Waals surface area contributed by atoms with E-state index < -0.39 is 0 Å². The van der Waals surface area contributed by atoms with Crippen LogP contribution in [0.3, 0.4) is 0 Å². The zero-order chi connectivity index (χ0) is 22.2. The normalized spacial score (nSPS) is 16.2. The van der Waals surface area contributed by atoms with Gasteiger partial charge in [-0.1, -0.05) is 30.3 Å². The maximum atomic E-state index is 6.15. The molecule has 0 aliphatic carbocycles. The van der Waals surface area contributed by atoms with Gasteiger partial charge in [-0.25, -0.2) is 4.68 Å². The van der Waals surface area contributed by atoms with Gasteiger partial charge in [-0.3, -0.25) is 4.99 Å². The van der Waals surface area contributed by atoms with Crippen molar-refractivity contribution in [3.8, 4) is 11.4 Å². The van der Waals surface area contributed by atoms with Crippen LogP contribution < -0.4 is 15.4 Å². The Morgan fingerprint density at radius 1 is 1.19 bits per heavy atom. The van der Waals surface area contributed by atoms with Crippen LogP contribution in [0, 0.1) is 12.8 Å². The smallest absolute Gasteiger partial charge is 0.191 e. The number of hydrogen-bond acceptors (Lipinski definition) is 4. The van der Waals surface area contributed by atoms with Crippen molar-refractivity contribution in [2.45, 2.75) is 26.4 Å². The number of nitrogens with one attached hydrogen (secondary N) is 2. The first-order chi connectivity index (χ1) is 15.7. The summed E-state index contributed by atoms with van der Waals surface area (Å²) in [4.78, 5) is 4.35. The van der Waals surface area contributed by atoms with Gasteiger partial charge >= 0.3 is 0 Å². The second-order valence-corrected chi connectivity index (χ2v) is 8.06. The standard InChI is InChI=1S/C25H31N5O2/c1-19-8-9-22(24(12-19)32-18-20-10-11-31-17-20)15-28-25(26-2)27-13-21-14-29-30(16-21)23-6-4-3-5-7-23/h3-9,12,14,16,20H,10-11,13,15,17-18H2,1-2H3,(H2,26,27,28). The van der Waals surface area contributed by atoms with E-state index >= 15 is 0 Å². The first kappa shape index (κ1) is 21.9. The van der Waals surface area contributed by atoms with Crippen LogP contribution >= 0.6 is 0 Å². The summed E-state index contributed by atoms with van der Waals surface area (Å²) < 4.78 is 13.5. The molecule has 1 saturated heterocycles. The molecule has 2 N–H and O–H groups in total. The van der Waals surface area contributed by atoms with E-state index in [0.29, 0.717) is 25.6 Å². The van der Waals surface area contributed by atoms with Gasteiger partial charge in [-0.2, -0.15) is 5.10 Å². The summed E-state index contributed by atoms with van der Waals surface area (Å²) in [5.74, 6) is 2.12. The van der Waals surface area contributed by atoms with Crippen LogP contribution in [0.15, 0.2) is 65.9 Å². The average molecular weight is 434 g/mol. The quantitative estimate of drug-likeness (QED) is 0.420. The Hall–Kier alpha value is -3.32. The van der Waals surface area contributed by atoms with Crippen molar-refractivity contribution in [3.05, 3.63) is 77.6 Å². The molecule has 0 spiro atoms. The van der Waals surface area contributed by atoms with E-state index in [-0.39, 0.29) is 0 Å². The van der Waals surface area contributed by atoms with Crippen LogP contribution in [0.2, 0.25) is 0 Å². The first-order valence-electron chi connectivity index (χ1n) is 11.0. The van der Waals surface area contributed by atoms with Crippen LogP contribution in [-0.2, 0) is 17.8 Å². The van der Waals surface area contributed by atoms with Crippen molar-refractivity contribution in [1.82, 2.24) is 20.4 Å². The van der Waals surface area contributed by atoms with Crippen LogP contribution in [0.5, 0.6) is 5.75 Å². The van der Waals surface area contributed by atoms with Crippen molar-refractivity contribution in [2.24, 2.45) is 10.9 Å². The number of benzene rings is 2. The Morgan fingerprint density at radius 3 is 2.81 bits per heavy atom. The van der Waals surface area contributed by atoms with Crippen LogP contribution in [-0.4, -0.2) is 42.6 Å². The molecule has 0 saturated carbocycles. The Bertz CT molecular complexity index is 1030. The third-order valence-corrected chi connectivity index (χ3v) is 5.51. The van der Waals surface area contributed by atoms with Gasteiger partial charge in [0.05, 0.1) is 25.1 Å². The Morgan fingerprint density at radius 2 is 2.03 bits per heavy atom. The average Bonchev–Trinajstić information content (AvgIpc) is 3.52. The van der Waals surface area contributed by atoms with Crippen LogP contribution in [0.25, 0.3) is 5.69 Å². The molecule has 1 aliphatic heterocycles. The molecule has 32 heavy (non-hydrogen) atoms. The molecule has 0 amide bonds. The highest BCUT2D eigenvalue weighted by Gasteiger charge is 2.17. The third kappa shape index (κ3) is 5.88. The maximum Gasteiger partial charge on any atom is 0.191 e. The van der Waals surface area contributed by atoms with Gasteiger partial charge in [0.1, 0.15) is 5.75 Å². The fraction of sp³-hybridized carbons (Fsp3) is 0.360. The van der Waals surface area contributed by atoms with E-state index in [1.54, 1.807) is 7.05 Å². The lowest BCUT2D eigenvalue weighted by molar-refractivity contribution is 0.166. The number of ether oxygens (including phenoxy) is 2. The number of aliphatic imine (C=N–C) groups is 1. The molecule has 1 aliphatic rings. The van der Waals surface area contributed by atoms with Gasteiger partial charge in [-0.15, -0.1) is 0 Å². The molecular weight excluding hydrogens is 402 g/mol. The molecule has 4 rings (SSSR count). The molecule has 7 heteroatoms. The fourth-order valence-corrected chi connectivity index (χ4v) is 3.62. The molecule has 0 bridgehead atoms. The van der Waals surface area contributed by atoms with E-state index in [1.807, 2.05) is 47.4 Å². The van der Waals surface area contributed by atoms with E-state index in [1.165, 1.54) is 5.56 Å². The second kappa shape index (κ2) is 10.8. The first-order valence-corrected chi connectivity index (χ1v) is 11.0. The Kier molecular flexibility index (Phi) is 7.40. The predicted molar refractivity (Wildman–Crippen MR) is 126 cm³/mol. The molecule has 1 aromatic heterocycles. The minimum Gasteiger partial charge on any atom is -0.493 e. The third-order valence-electron chi connectivity index (χ3n) is 5.51. The SMILES string of the molecule is CN=C(NCc1cnn(-c2ccccc2)c1)NCc1ccc(C)cc1OCC1CCOC1.